The average Bonchev–Trinajstić information content (AvgIpc) is 3.44. The van der Waals surface area contributed by atoms with Crippen molar-refractivity contribution in [1.29, 1.82) is 0 Å². The minimum Gasteiger partial charge on any atom is -0.461 e. The van der Waals surface area contributed by atoms with E-state index in [4.69, 9.17) is 9.47 Å². The van der Waals surface area contributed by atoms with Gasteiger partial charge in [0.15, 0.2) is 0 Å². The normalized spacial score (nSPS) is 18.2. The molecule has 2 N–H and O–H groups in total. The number of ether oxygens (including phenoxy) is 2. The van der Waals surface area contributed by atoms with Crippen molar-refractivity contribution in [3.8, 4) is 0 Å². The summed E-state index contributed by atoms with van der Waals surface area (Å²) in [6, 6.07) is -0.795. The maximum Gasteiger partial charge on any atom is 0.329 e. The quantitative estimate of drug-likeness (QED) is 0.0812. The number of H-pyrrole nitrogens is 1. The van der Waals surface area contributed by atoms with Crippen LogP contribution in [0.15, 0.2) is 12.5 Å². The summed E-state index contributed by atoms with van der Waals surface area (Å²) in [5.41, 5.74) is 0.744. The molecule has 1 aromatic heterocycles. The van der Waals surface area contributed by atoms with E-state index in [0.717, 1.165) is 50.6 Å². The fourth-order valence-electron chi connectivity index (χ4n) is 5.38. The zero-order chi connectivity index (χ0) is 28.1. The van der Waals surface area contributed by atoms with Crippen LogP contribution < -0.4 is 5.32 Å². The van der Waals surface area contributed by atoms with E-state index in [1.807, 2.05) is 0 Å². The number of aromatic nitrogens is 2. The van der Waals surface area contributed by atoms with Gasteiger partial charge in [0, 0.05) is 24.7 Å². The molecule has 1 aliphatic rings. The van der Waals surface area contributed by atoms with Crippen LogP contribution in [0.25, 0.3) is 0 Å². The maximum atomic E-state index is 13.1. The van der Waals surface area contributed by atoms with Crippen LogP contribution in [0.3, 0.4) is 0 Å². The first kappa shape index (κ1) is 32.8. The fraction of sp³-hybridized carbons (Fsp3) is 0.806. The van der Waals surface area contributed by atoms with Gasteiger partial charge >= 0.3 is 11.9 Å². The first-order valence-corrected chi connectivity index (χ1v) is 15.7. The maximum absolute atomic E-state index is 13.1. The highest BCUT2D eigenvalue weighted by Crippen LogP contribution is 2.32. The van der Waals surface area contributed by atoms with Crippen LogP contribution in [0.2, 0.25) is 0 Å². The van der Waals surface area contributed by atoms with Crippen LogP contribution >= 0.6 is 0 Å². The molecule has 1 saturated heterocycles. The number of nitrogens with one attached hydrogen (secondary N) is 2. The molecule has 8 nitrogen and oxygen atoms in total. The largest absolute Gasteiger partial charge is 0.461 e. The molecule has 222 valence electrons. The SMILES string of the molecule is CCCCCCCCCCCCCC(CC1OC(=O)[C@H]1CCCCCC)OC(=O)[C@H](Cc1cnc[nH]1)NC=O. The summed E-state index contributed by atoms with van der Waals surface area (Å²) in [5, 5.41) is 2.59. The summed E-state index contributed by atoms with van der Waals surface area (Å²) in [7, 11) is 0. The predicted octanol–water partition coefficient (Wildman–Crippen LogP) is 6.58. The number of cyclic esters (lactones) is 1. The van der Waals surface area contributed by atoms with E-state index >= 15 is 0 Å². The molecule has 2 rings (SSSR count). The third-order valence-corrected chi connectivity index (χ3v) is 7.83. The lowest BCUT2D eigenvalue weighted by Crippen LogP contribution is -2.48. The Hall–Kier alpha value is -2.38. The molecule has 1 aliphatic heterocycles. The van der Waals surface area contributed by atoms with Crippen molar-refractivity contribution >= 4 is 18.3 Å². The van der Waals surface area contributed by atoms with Crippen LogP contribution in [0.1, 0.15) is 135 Å². The van der Waals surface area contributed by atoms with Gasteiger partial charge in [-0.1, -0.05) is 104 Å². The molecule has 2 heterocycles. The molecule has 1 fully saturated rings. The predicted molar refractivity (Wildman–Crippen MR) is 153 cm³/mol. The number of unbranched alkanes of at least 4 members (excludes halogenated alkanes) is 13. The topological polar surface area (TPSA) is 110 Å². The van der Waals surface area contributed by atoms with Crippen molar-refractivity contribution in [3.05, 3.63) is 18.2 Å². The number of amides is 1. The lowest BCUT2D eigenvalue weighted by atomic mass is 9.86. The molecule has 0 bridgehead atoms. The highest BCUT2D eigenvalue weighted by atomic mass is 16.6. The van der Waals surface area contributed by atoms with Crippen LogP contribution in [0.5, 0.6) is 0 Å². The van der Waals surface area contributed by atoms with Gasteiger partial charge in [-0.25, -0.2) is 9.78 Å². The van der Waals surface area contributed by atoms with Gasteiger partial charge in [0.1, 0.15) is 18.2 Å². The molecule has 0 radical (unpaired) electrons. The molecule has 1 amide bonds. The number of nitrogens with zero attached hydrogens (tertiary/aromatic N) is 1. The number of hydrogen-bond donors (Lipinski definition) is 2. The summed E-state index contributed by atoms with van der Waals surface area (Å²) in [4.78, 5) is 43.3. The summed E-state index contributed by atoms with van der Waals surface area (Å²) < 4.78 is 11.5. The second kappa shape index (κ2) is 20.5. The highest BCUT2D eigenvalue weighted by Gasteiger charge is 2.43. The van der Waals surface area contributed by atoms with E-state index in [1.54, 1.807) is 12.5 Å². The van der Waals surface area contributed by atoms with E-state index < -0.39 is 12.0 Å². The van der Waals surface area contributed by atoms with Crippen molar-refractivity contribution in [2.24, 2.45) is 5.92 Å². The molecular weight excluding hydrogens is 494 g/mol. The molecule has 0 aliphatic carbocycles. The molecule has 1 aromatic rings. The van der Waals surface area contributed by atoms with Gasteiger partial charge in [-0.2, -0.15) is 0 Å². The van der Waals surface area contributed by atoms with Crippen LogP contribution in [0.4, 0.5) is 0 Å². The van der Waals surface area contributed by atoms with Crippen LogP contribution in [0, 0.1) is 5.92 Å². The molecule has 39 heavy (non-hydrogen) atoms. The number of hydrogen-bond acceptors (Lipinski definition) is 6. The Labute approximate surface area is 235 Å². The summed E-state index contributed by atoms with van der Waals surface area (Å²) in [5.74, 6) is -0.694. The Balaban J connectivity index is 1.83. The van der Waals surface area contributed by atoms with Gasteiger partial charge in [0.25, 0.3) is 0 Å². The zero-order valence-corrected chi connectivity index (χ0v) is 24.5. The lowest BCUT2D eigenvalue weighted by Gasteiger charge is -2.37. The van der Waals surface area contributed by atoms with Crippen LogP contribution in [-0.4, -0.2) is 46.6 Å². The highest BCUT2D eigenvalue weighted by molar-refractivity contribution is 5.79. The third kappa shape index (κ3) is 13.5. The number of rotatable bonds is 25. The first-order valence-electron chi connectivity index (χ1n) is 15.7. The molecular formula is C31H53N3O5. The number of carbonyl (C=O) groups excluding carboxylic acids is 3. The van der Waals surface area contributed by atoms with Gasteiger partial charge in [-0.05, 0) is 19.3 Å². The second-order valence-electron chi connectivity index (χ2n) is 11.2. The summed E-state index contributed by atoms with van der Waals surface area (Å²) in [6.45, 7) is 4.42. The average molecular weight is 548 g/mol. The third-order valence-electron chi connectivity index (χ3n) is 7.83. The standard InChI is InChI=1S/C31H53N3O5/c1-3-5-7-9-10-11-12-13-14-15-16-18-26(21-29-27(30(36)39-29)19-17-8-6-4-2)38-31(37)28(34-24-35)20-25-22-32-23-33-25/h22-24,26-29H,3-21H2,1-2H3,(H,32,33)(H,34,35)/t26?,27-,28-,29?/m0/s1. The van der Waals surface area contributed by atoms with E-state index in [9.17, 15) is 14.4 Å². The van der Waals surface area contributed by atoms with Gasteiger partial charge in [0.05, 0.1) is 12.2 Å². The van der Waals surface area contributed by atoms with E-state index in [-0.39, 0.29) is 30.5 Å². The molecule has 0 aromatic carbocycles. The van der Waals surface area contributed by atoms with Crippen molar-refractivity contribution in [1.82, 2.24) is 15.3 Å². The van der Waals surface area contributed by atoms with Crippen molar-refractivity contribution in [2.75, 3.05) is 0 Å². The van der Waals surface area contributed by atoms with E-state index in [1.165, 1.54) is 64.2 Å². The minimum atomic E-state index is -0.795. The second-order valence-corrected chi connectivity index (χ2v) is 11.2. The van der Waals surface area contributed by atoms with E-state index in [2.05, 4.69) is 29.1 Å². The van der Waals surface area contributed by atoms with Gasteiger partial charge in [0.2, 0.25) is 6.41 Å². The van der Waals surface area contributed by atoms with Gasteiger partial charge in [-0.15, -0.1) is 0 Å². The molecule has 4 atom stereocenters. The number of aromatic amines is 1. The monoisotopic (exact) mass is 547 g/mol. The van der Waals surface area contributed by atoms with Crippen molar-refractivity contribution in [3.63, 3.8) is 0 Å². The van der Waals surface area contributed by atoms with Crippen molar-refractivity contribution in [2.45, 2.75) is 154 Å². The number of imidazole rings is 1. The molecule has 8 heteroatoms. The van der Waals surface area contributed by atoms with E-state index in [0.29, 0.717) is 12.8 Å². The van der Waals surface area contributed by atoms with Crippen molar-refractivity contribution < 1.29 is 23.9 Å². The number of esters is 2. The Kier molecular flexibility index (Phi) is 17.3. The minimum absolute atomic E-state index is 0.103. The Bertz CT molecular complexity index is 785. The Morgan fingerprint density at radius 3 is 2.18 bits per heavy atom. The Morgan fingerprint density at radius 2 is 1.62 bits per heavy atom. The first-order chi connectivity index (χ1) is 19.1. The lowest BCUT2D eigenvalue weighted by molar-refractivity contribution is -0.190. The molecule has 2 unspecified atom stereocenters. The Morgan fingerprint density at radius 1 is 1.00 bits per heavy atom. The smallest absolute Gasteiger partial charge is 0.329 e. The summed E-state index contributed by atoms with van der Waals surface area (Å²) in [6.07, 6.45) is 23.8. The summed E-state index contributed by atoms with van der Waals surface area (Å²) >= 11 is 0. The molecule has 0 spiro atoms. The van der Waals surface area contributed by atoms with Gasteiger partial charge in [-0.3, -0.25) is 9.59 Å². The van der Waals surface area contributed by atoms with Gasteiger partial charge < -0.3 is 19.8 Å². The zero-order valence-electron chi connectivity index (χ0n) is 24.5. The fourth-order valence-corrected chi connectivity index (χ4v) is 5.38. The number of carbonyl (C=O) groups is 3. The molecule has 0 saturated carbocycles. The van der Waals surface area contributed by atoms with Crippen LogP contribution in [-0.2, 0) is 30.3 Å².